The van der Waals surface area contributed by atoms with E-state index in [0.29, 0.717) is 19.0 Å². The minimum atomic E-state index is -0.542. The van der Waals surface area contributed by atoms with Gasteiger partial charge in [-0.25, -0.2) is 0 Å². The molecule has 4 nitrogen and oxygen atoms in total. The van der Waals surface area contributed by atoms with Gasteiger partial charge in [0.2, 0.25) is 0 Å². The van der Waals surface area contributed by atoms with Crippen LogP contribution in [0.15, 0.2) is 12.1 Å². The number of nitrogens with zero attached hydrogens (tertiary/aromatic N) is 1. The molecular formula is C18H29NO3. The van der Waals surface area contributed by atoms with Gasteiger partial charge < -0.3 is 14.9 Å². The third kappa shape index (κ3) is 4.22. The molecule has 0 amide bonds. The highest BCUT2D eigenvalue weighted by Gasteiger charge is 2.25. The fourth-order valence-corrected chi connectivity index (χ4v) is 2.96. The molecule has 4 heteroatoms. The summed E-state index contributed by atoms with van der Waals surface area (Å²) in [5.74, 6) is 1.23. The van der Waals surface area contributed by atoms with E-state index in [1.54, 1.807) is 0 Å². The highest BCUT2D eigenvalue weighted by Crippen LogP contribution is 2.26. The van der Waals surface area contributed by atoms with Gasteiger partial charge in [0.1, 0.15) is 18.5 Å². The Kier molecular flexibility index (Phi) is 5.84. The maximum Gasteiger partial charge on any atom is 0.125 e. The Morgan fingerprint density at radius 2 is 1.95 bits per heavy atom. The summed E-state index contributed by atoms with van der Waals surface area (Å²) in [4.78, 5) is 2.12. The molecule has 0 bridgehead atoms. The lowest BCUT2D eigenvalue weighted by atomic mass is 9.96. The molecule has 0 aliphatic carbocycles. The number of hydrogen-bond acceptors (Lipinski definition) is 4. The van der Waals surface area contributed by atoms with E-state index in [-0.39, 0.29) is 12.7 Å². The third-order valence-corrected chi connectivity index (χ3v) is 4.77. The maximum atomic E-state index is 10.2. The largest absolute Gasteiger partial charge is 0.490 e. The van der Waals surface area contributed by atoms with E-state index in [2.05, 4.69) is 24.8 Å². The van der Waals surface area contributed by atoms with Gasteiger partial charge in [0.15, 0.2) is 0 Å². The number of benzene rings is 1. The summed E-state index contributed by atoms with van der Waals surface area (Å²) in [6, 6.07) is 4.14. The first-order valence-electron chi connectivity index (χ1n) is 8.16. The van der Waals surface area contributed by atoms with Gasteiger partial charge in [-0.05, 0) is 56.3 Å². The predicted molar refractivity (Wildman–Crippen MR) is 88.4 cm³/mol. The van der Waals surface area contributed by atoms with Crippen molar-refractivity contribution in [2.24, 2.45) is 5.92 Å². The topological polar surface area (TPSA) is 52.9 Å². The van der Waals surface area contributed by atoms with Gasteiger partial charge in [-0.1, -0.05) is 19.1 Å². The Labute approximate surface area is 133 Å². The number of aryl methyl sites for hydroxylation is 2. The minimum Gasteiger partial charge on any atom is -0.490 e. The Morgan fingerprint density at radius 1 is 1.27 bits per heavy atom. The molecule has 1 aromatic carbocycles. The molecule has 1 saturated heterocycles. The number of hydrogen-bond donors (Lipinski definition) is 2. The van der Waals surface area contributed by atoms with Crippen molar-refractivity contribution in [1.29, 1.82) is 0 Å². The van der Waals surface area contributed by atoms with Gasteiger partial charge in [-0.3, -0.25) is 4.90 Å². The fraction of sp³-hybridized carbons (Fsp3) is 0.667. The van der Waals surface area contributed by atoms with Crippen LogP contribution in [-0.2, 0) is 0 Å². The average Bonchev–Trinajstić information content (AvgIpc) is 2.47. The quantitative estimate of drug-likeness (QED) is 0.874. The predicted octanol–water partition coefficient (Wildman–Crippen LogP) is 2.05. The van der Waals surface area contributed by atoms with Gasteiger partial charge >= 0.3 is 0 Å². The normalized spacial score (nSPS) is 24.3. The van der Waals surface area contributed by atoms with Crippen LogP contribution in [0.25, 0.3) is 0 Å². The van der Waals surface area contributed by atoms with Crippen molar-refractivity contribution in [1.82, 2.24) is 4.90 Å². The second-order valence-corrected chi connectivity index (χ2v) is 6.71. The number of rotatable bonds is 5. The van der Waals surface area contributed by atoms with Gasteiger partial charge in [0, 0.05) is 13.1 Å². The summed E-state index contributed by atoms with van der Waals surface area (Å²) in [6.45, 7) is 10.6. The van der Waals surface area contributed by atoms with E-state index >= 15 is 0 Å². The molecule has 0 aromatic heterocycles. The van der Waals surface area contributed by atoms with Crippen molar-refractivity contribution >= 4 is 0 Å². The zero-order valence-corrected chi connectivity index (χ0v) is 14.2. The van der Waals surface area contributed by atoms with Gasteiger partial charge in [-0.15, -0.1) is 0 Å². The molecule has 1 heterocycles. The van der Waals surface area contributed by atoms with E-state index in [9.17, 15) is 10.2 Å². The summed E-state index contributed by atoms with van der Waals surface area (Å²) < 4.78 is 5.86. The standard InChI is InChI=1S/C18H29NO3/c1-12-5-6-14(3)18(15(12)4)22-11-16(20)9-19-8-7-13(2)17(21)10-19/h5-6,13,16-17,20-21H,7-11H2,1-4H3. The molecule has 0 saturated carbocycles. The molecule has 3 atom stereocenters. The summed E-state index contributed by atoms with van der Waals surface area (Å²) in [5, 5.41) is 20.1. The highest BCUT2D eigenvalue weighted by atomic mass is 16.5. The zero-order chi connectivity index (χ0) is 16.3. The van der Waals surface area contributed by atoms with Crippen LogP contribution in [0.1, 0.15) is 30.0 Å². The Hall–Kier alpha value is -1.10. The minimum absolute atomic E-state index is 0.285. The van der Waals surface area contributed by atoms with Crippen LogP contribution in [0.4, 0.5) is 0 Å². The average molecular weight is 307 g/mol. The number of likely N-dealkylation sites (tertiary alicyclic amines) is 1. The molecule has 22 heavy (non-hydrogen) atoms. The lowest BCUT2D eigenvalue weighted by molar-refractivity contribution is 0.0000419. The van der Waals surface area contributed by atoms with Crippen molar-refractivity contribution < 1.29 is 14.9 Å². The van der Waals surface area contributed by atoms with Crippen LogP contribution < -0.4 is 4.74 Å². The van der Waals surface area contributed by atoms with E-state index < -0.39 is 6.10 Å². The number of β-amino-alcohol motifs (C(OH)–C–C–N with tert-alkyl or cyclic N) is 2. The lowest BCUT2D eigenvalue weighted by Crippen LogP contribution is -2.46. The second kappa shape index (κ2) is 7.44. The van der Waals surface area contributed by atoms with Gasteiger partial charge in [0.25, 0.3) is 0 Å². The molecule has 2 rings (SSSR count). The molecule has 124 valence electrons. The van der Waals surface area contributed by atoms with E-state index in [1.807, 2.05) is 19.9 Å². The van der Waals surface area contributed by atoms with Gasteiger partial charge in [-0.2, -0.15) is 0 Å². The number of piperidine rings is 1. The van der Waals surface area contributed by atoms with Crippen LogP contribution in [0.2, 0.25) is 0 Å². The van der Waals surface area contributed by atoms with E-state index in [4.69, 9.17) is 4.74 Å². The summed E-state index contributed by atoms with van der Waals surface area (Å²) in [7, 11) is 0. The molecule has 2 N–H and O–H groups in total. The number of aliphatic hydroxyl groups excluding tert-OH is 2. The summed E-state index contributed by atoms with van der Waals surface area (Å²) in [6.07, 6.45) is 0.147. The molecule has 0 spiro atoms. The van der Waals surface area contributed by atoms with Crippen molar-refractivity contribution in [2.45, 2.75) is 46.3 Å². The first-order chi connectivity index (χ1) is 10.4. The number of ether oxygens (including phenoxy) is 1. The zero-order valence-electron chi connectivity index (χ0n) is 14.2. The van der Waals surface area contributed by atoms with Gasteiger partial charge in [0.05, 0.1) is 6.10 Å². The highest BCUT2D eigenvalue weighted by molar-refractivity contribution is 5.44. The molecule has 1 aromatic rings. The molecule has 1 aliphatic heterocycles. The van der Waals surface area contributed by atoms with E-state index in [1.165, 1.54) is 5.56 Å². The molecule has 1 aliphatic rings. The monoisotopic (exact) mass is 307 g/mol. The number of aliphatic hydroxyl groups is 2. The van der Waals surface area contributed by atoms with Crippen molar-refractivity contribution in [3.63, 3.8) is 0 Å². The van der Waals surface area contributed by atoms with Crippen LogP contribution in [-0.4, -0.2) is 53.6 Å². The third-order valence-electron chi connectivity index (χ3n) is 4.77. The van der Waals surface area contributed by atoms with Crippen LogP contribution in [0.3, 0.4) is 0 Å². The fourth-order valence-electron chi connectivity index (χ4n) is 2.96. The smallest absolute Gasteiger partial charge is 0.125 e. The summed E-state index contributed by atoms with van der Waals surface area (Å²) >= 11 is 0. The van der Waals surface area contributed by atoms with Crippen molar-refractivity contribution in [3.05, 3.63) is 28.8 Å². The first-order valence-corrected chi connectivity index (χ1v) is 8.16. The van der Waals surface area contributed by atoms with Crippen LogP contribution in [0.5, 0.6) is 5.75 Å². The SMILES string of the molecule is Cc1ccc(C)c(OCC(O)CN2CCC(C)C(O)C2)c1C. The maximum absolute atomic E-state index is 10.2. The van der Waals surface area contributed by atoms with Crippen molar-refractivity contribution in [3.8, 4) is 5.75 Å². The van der Waals surface area contributed by atoms with Crippen molar-refractivity contribution in [2.75, 3.05) is 26.2 Å². The van der Waals surface area contributed by atoms with Crippen LogP contribution >= 0.6 is 0 Å². The Balaban J connectivity index is 1.86. The lowest BCUT2D eigenvalue weighted by Gasteiger charge is -2.35. The first kappa shape index (κ1) is 17.3. The molecular weight excluding hydrogens is 278 g/mol. The summed E-state index contributed by atoms with van der Waals surface area (Å²) in [5.41, 5.74) is 3.43. The molecule has 3 unspecified atom stereocenters. The Bertz CT molecular complexity index is 503. The van der Waals surface area contributed by atoms with Crippen LogP contribution in [0, 0.1) is 26.7 Å². The second-order valence-electron chi connectivity index (χ2n) is 6.71. The molecule has 1 fully saturated rings. The Morgan fingerprint density at radius 3 is 2.64 bits per heavy atom. The molecule has 0 radical (unpaired) electrons. The van der Waals surface area contributed by atoms with E-state index in [0.717, 1.165) is 29.8 Å².